The van der Waals surface area contributed by atoms with Gasteiger partial charge in [0.2, 0.25) is 5.91 Å². The molecule has 0 aliphatic heterocycles. The summed E-state index contributed by atoms with van der Waals surface area (Å²) in [7, 11) is 0. The number of nitrogens with two attached hydrogens (primary N) is 1. The van der Waals surface area contributed by atoms with Gasteiger partial charge in [0.15, 0.2) is 0 Å². The highest BCUT2D eigenvalue weighted by Gasteiger charge is 2.32. The highest BCUT2D eigenvalue weighted by atomic mass is 16.4. The third-order valence-electron chi connectivity index (χ3n) is 4.53. The van der Waals surface area contributed by atoms with Crippen LogP contribution in [0.4, 0.5) is 0 Å². The van der Waals surface area contributed by atoms with Gasteiger partial charge in [0.25, 0.3) is 0 Å². The Labute approximate surface area is 169 Å². The first kappa shape index (κ1) is 20.3. The Morgan fingerprint density at radius 3 is 1.63 bits per heavy atom. The summed E-state index contributed by atoms with van der Waals surface area (Å²) < 4.78 is 0. The number of benzene rings is 3. The Balaban J connectivity index is 2.52. The van der Waals surface area contributed by atoms with Gasteiger partial charge in [-0.05, 0) is 28.3 Å². The zero-order valence-corrected chi connectivity index (χ0v) is 15.3. The molecule has 8 nitrogen and oxygen atoms in total. The number of hydrogen-bond acceptors (Lipinski definition) is 4. The van der Waals surface area contributed by atoms with Gasteiger partial charge in [-0.3, -0.25) is 4.79 Å². The molecule has 0 atom stereocenters. The normalized spacial score (nSPS) is 10.4. The Hall–Kier alpha value is -4.46. The molecule has 0 heterocycles. The highest BCUT2D eigenvalue weighted by Crippen LogP contribution is 2.37. The monoisotopic (exact) mass is 405 g/mol. The lowest BCUT2D eigenvalue weighted by Gasteiger charge is -2.17. The van der Waals surface area contributed by atoms with Crippen molar-refractivity contribution in [1.82, 2.24) is 0 Å². The van der Waals surface area contributed by atoms with Crippen LogP contribution in [0.1, 0.15) is 41.4 Å². The number of primary amides is 1. The van der Waals surface area contributed by atoms with Crippen molar-refractivity contribution in [3.05, 3.63) is 82.9 Å². The summed E-state index contributed by atoms with van der Waals surface area (Å²) in [4.78, 5) is 47.6. The molecule has 150 valence electrons. The maximum absolute atomic E-state index is 12.2. The summed E-state index contributed by atoms with van der Waals surface area (Å²) in [6, 6.07) is 16.5. The van der Waals surface area contributed by atoms with E-state index in [9.17, 15) is 34.5 Å². The van der Waals surface area contributed by atoms with E-state index in [4.69, 9.17) is 5.73 Å². The van der Waals surface area contributed by atoms with E-state index >= 15 is 0 Å². The fraction of sp³-hybridized carbons (Fsp3) is 0. The minimum Gasteiger partial charge on any atom is -0.478 e. The molecule has 0 radical (unpaired) electrons. The molecule has 0 saturated heterocycles. The predicted octanol–water partition coefficient (Wildman–Crippen LogP) is 3.21. The second kappa shape index (κ2) is 7.88. The minimum atomic E-state index is -1.80. The van der Waals surface area contributed by atoms with Crippen LogP contribution < -0.4 is 5.73 Å². The molecule has 8 heteroatoms. The fourth-order valence-corrected chi connectivity index (χ4v) is 3.34. The summed E-state index contributed by atoms with van der Waals surface area (Å²) >= 11 is 0. The van der Waals surface area contributed by atoms with Gasteiger partial charge in [0.1, 0.15) is 0 Å². The molecule has 0 fully saturated rings. The number of carboxylic acids is 3. The Kier molecular flexibility index (Phi) is 5.33. The van der Waals surface area contributed by atoms with Crippen molar-refractivity contribution in [2.24, 2.45) is 5.73 Å². The van der Waals surface area contributed by atoms with E-state index in [1.807, 2.05) is 0 Å². The molecule has 1 amide bonds. The molecular weight excluding hydrogens is 390 g/mol. The first-order valence-electron chi connectivity index (χ1n) is 8.59. The smallest absolute Gasteiger partial charge is 0.337 e. The molecule has 0 aliphatic rings. The average molecular weight is 405 g/mol. The molecular formula is C22H15NO7. The minimum absolute atomic E-state index is 0.0817. The largest absolute Gasteiger partial charge is 0.478 e. The Morgan fingerprint density at radius 1 is 0.600 bits per heavy atom. The molecule has 5 N–H and O–H groups in total. The zero-order valence-electron chi connectivity index (χ0n) is 15.3. The fourth-order valence-electron chi connectivity index (χ4n) is 3.34. The standard InChI is InChI=1S/C22H15NO7/c23-19(24)16-14(10-15(20(25)26)17(21(27)28)18(16)22(29)30)13-9-5-4-8-12(13)11-6-2-1-3-7-11/h1-10H,(H2,23,24)(H,25,26)(H,27,28)(H,29,30). The molecule has 0 unspecified atom stereocenters. The van der Waals surface area contributed by atoms with Crippen molar-refractivity contribution >= 4 is 23.8 Å². The third kappa shape index (κ3) is 3.49. The van der Waals surface area contributed by atoms with Gasteiger partial charge in [0, 0.05) is 0 Å². The highest BCUT2D eigenvalue weighted by molar-refractivity contribution is 6.18. The van der Waals surface area contributed by atoms with Crippen LogP contribution in [0.15, 0.2) is 60.7 Å². The maximum atomic E-state index is 12.2. The molecule has 30 heavy (non-hydrogen) atoms. The van der Waals surface area contributed by atoms with Crippen LogP contribution in [0.3, 0.4) is 0 Å². The van der Waals surface area contributed by atoms with E-state index in [1.165, 1.54) is 0 Å². The number of carbonyl (C=O) groups is 4. The summed E-state index contributed by atoms with van der Waals surface area (Å²) in [5.74, 6) is -6.41. The van der Waals surface area contributed by atoms with Gasteiger partial charge in [-0.25, -0.2) is 14.4 Å². The number of carboxylic acid groups (broad SMARTS) is 3. The second-order valence-electron chi connectivity index (χ2n) is 6.29. The molecule has 0 aromatic heterocycles. The summed E-state index contributed by atoms with van der Waals surface area (Å²) in [5.41, 5.74) is 3.67. The van der Waals surface area contributed by atoms with Crippen LogP contribution in [0.5, 0.6) is 0 Å². The van der Waals surface area contributed by atoms with Gasteiger partial charge in [-0.2, -0.15) is 0 Å². The topological polar surface area (TPSA) is 155 Å². The lowest BCUT2D eigenvalue weighted by molar-refractivity contribution is 0.0631. The van der Waals surface area contributed by atoms with Crippen molar-refractivity contribution in [3.8, 4) is 22.3 Å². The van der Waals surface area contributed by atoms with Gasteiger partial charge in [-0.15, -0.1) is 0 Å². The van der Waals surface area contributed by atoms with Gasteiger partial charge in [0.05, 0.1) is 22.3 Å². The molecule has 0 bridgehead atoms. The Morgan fingerprint density at radius 2 is 1.13 bits per heavy atom. The number of hydrogen-bond donors (Lipinski definition) is 4. The van der Waals surface area contributed by atoms with Gasteiger partial charge < -0.3 is 21.1 Å². The lowest BCUT2D eigenvalue weighted by atomic mass is 9.85. The number of amides is 1. The van der Waals surface area contributed by atoms with Crippen LogP contribution in [0, 0.1) is 0 Å². The van der Waals surface area contributed by atoms with E-state index in [2.05, 4.69) is 0 Å². The lowest BCUT2D eigenvalue weighted by Crippen LogP contribution is -2.24. The molecule has 0 spiro atoms. The first-order chi connectivity index (χ1) is 14.2. The summed E-state index contributed by atoms with van der Waals surface area (Å²) in [5, 5.41) is 28.6. The second-order valence-corrected chi connectivity index (χ2v) is 6.29. The van der Waals surface area contributed by atoms with Gasteiger partial charge in [-0.1, -0.05) is 54.6 Å². The van der Waals surface area contributed by atoms with Crippen molar-refractivity contribution in [1.29, 1.82) is 0 Å². The van der Waals surface area contributed by atoms with Crippen molar-refractivity contribution in [2.75, 3.05) is 0 Å². The maximum Gasteiger partial charge on any atom is 0.337 e. The van der Waals surface area contributed by atoms with E-state index < -0.39 is 46.1 Å². The van der Waals surface area contributed by atoms with E-state index in [0.29, 0.717) is 11.1 Å². The Bertz CT molecular complexity index is 1200. The molecule has 3 aromatic rings. The van der Waals surface area contributed by atoms with E-state index in [1.54, 1.807) is 54.6 Å². The zero-order chi connectivity index (χ0) is 22.0. The first-order valence-corrected chi connectivity index (χ1v) is 8.59. The van der Waals surface area contributed by atoms with Crippen LogP contribution in [0.25, 0.3) is 22.3 Å². The average Bonchev–Trinajstić information content (AvgIpc) is 2.72. The summed E-state index contributed by atoms with van der Waals surface area (Å²) in [6.07, 6.45) is 0. The molecule has 3 aromatic carbocycles. The molecule has 0 aliphatic carbocycles. The van der Waals surface area contributed by atoms with Crippen LogP contribution in [0.2, 0.25) is 0 Å². The number of aromatic carboxylic acids is 3. The van der Waals surface area contributed by atoms with Gasteiger partial charge >= 0.3 is 17.9 Å². The summed E-state index contributed by atoms with van der Waals surface area (Å²) in [6.45, 7) is 0. The molecule has 0 saturated carbocycles. The predicted molar refractivity (Wildman–Crippen MR) is 107 cm³/mol. The van der Waals surface area contributed by atoms with Crippen molar-refractivity contribution in [2.45, 2.75) is 0 Å². The SMILES string of the molecule is NC(=O)c1c(-c2ccccc2-c2ccccc2)cc(C(=O)O)c(C(=O)O)c1C(=O)O. The van der Waals surface area contributed by atoms with Crippen LogP contribution in [-0.4, -0.2) is 39.1 Å². The van der Waals surface area contributed by atoms with Crippen LogP contribution in [-0.2, 0) is 0 Å². The third-order valence-corrected chi connectivity index (χ3v) is 4.53. The molecule has 3 rings (SSSR count). The number of rotatable bonds is 6. The number of carbonyl (C=O) groups excluding carboxylic acids is 1. The van der Waals surface area contributed by atoms with Crippen molar-refractivity contribution < 1.29 is 34.5 Å². The quantitative estimate of drug-likeness (QED) is 0.491. The van der Waals surface area contributed by atoms with Crippen molar-refractivity contribution in [3.63, 3.8) is 0 Å². The van der Waals surface area contributed by atoms with E-state index in [-0.39, 0.29) is 5.56 Å². The van der Waals surface area contributed by atoms with E-state index in [0.717, 1.165) is 11.6 Å². The van der Waals surface area contributed by atoms with Crippen LogP contribution >= 0.6 is 0 Å².